The fourth-order valence-corrected chi connectivity index (χ4v) is 2.14. The Kier molecular flexibility index (Phi) is 3.66. The number of hydrogen-bond donors (Lipinski definition) is 2. The Labute approximate surface area is 110 Å². The minimum absolute atomic E-state index is 0.0647. The molecule has 102 valence electrons. The highest BCUT2D eigenvalue weighted by Crippen LogP contribution is 2.23. The number of nitrogens with two attached hydrogens (primary N) is 1. The second kappa shape index (κ2) is 5.23. The molecule has 3 N–H and O–H groups in total. The Morgan fingerprint density at radius 1 is 1.58 bits per heavy atom. The van der Waals surface area contributed by atoms with E-state index in [1.807, 2.05) is 6.92 Å². The number of benzene rings is 1. The van der Waals surface area contributed by atoms with Crippen LogP contribution >= 0.6 is 0 Å². The molecule has 0 bridgehead atoms. The molecule has 1 aliphatic heterocycles. The molecule has 1 aliphatic rings. The fraction of sp³-hybridized carbons (Fsp3) is 0.417. The fourth-order valence-electron chi connectivity index (χ4n) is 2.14. The van der Waals surface area contributed by atoms with Gasteiger partial charge in [-0.2, -0.15) is 0 Å². The zero-order chi connectivity index (χ0) is 14.0. The summed E-state index contributed by atoms with van der Waals surface area (Å²) in [6, 6.07) is 4.24. The SMILES string of the molecule is C[C@@H]1CNCCN1C(=O)c1ccc(N)c([N+](=O)[O-])c1. The summed E-state index contributed by atoms with van der Waals surface area (Å²) >= 11 is 0. The number of nitrogens with zero attached hydrogens (tertiary/aromatic N) is 2. The lowest BCUT2D eigenvalue weighted by Gasteiger charge is -2.34. The lowest BCUT2D eigenvalue weighted by molar-refractivity contribution is -0.383. The first-order valence-corrected chi connectivity index (χ1v) is 6.06. The molecule has 1 fully saturated rings. The van der Waals surface area contributed by atoms with Crippen LogP contribution < -0.4 is 11.1 Å². The first-order chi connectivity index (χ1) is 9.00. The zero-order valence-electron chi connectivity index (χ0n) is 10.6. The molecule has 7 nitrogen and oxygen atoms in total. The average Bonchev–Trinajstić information content (AvgIpc) is 2.38. The van der Waals surface area contributed by atoms with Crippen molar-refractivity contribution < 1.29 is 9.72 Å². The second-order valence-corrected chi connectivity index (χ2v) is 4.58. The summed E-state index contributed by atoms with van der Waals surface area (Å²) in [4.78, 5) is 24.3. The molecule has 0 unspecified atom stereocenters. The Balaban J connectivity index is 2.28. The standard InChI is InChI=1S/C12H16N4O3/c1-8-7-14-4-5-15(8)12(17)9-2-3-10(13)11(6-9)16(18)19/h2-3,6,8,14H,4-5,7,13H2,1H3/t8-/m1/s1. The van der Waals surface area contributed by atoms with Crippen LogP contribution in [0.3, 0.4) is 0 Å². The summed E-state index contributed by atoms with van der Waals surface area (Å²) in [5, 5.41) is 14.0. The maximum atomic E-state index is 12.3. The van der Waals surface area contributed by atoms with Crippen molar-refractivity contribution in [2.24, 2.45) is 0 Å². The van der Waals surface area contributed by atoms with Gasteiger partial charge in [0.25, 0.3) is 11.6 Å². The lowest BCUT2D eigenvalue weighted by atomic mass is 10.1. The molecular weight excluding hydrogens is 248 g/mol. The third-order valence-corrected chi connectivity index (χ3v) is 3.24. The minimum atomic E-state index is -0.576. The van der Waals surface area contributed by atoms with E-state index in [-0.39, 0.29) is 23.3 Å². The number of nitrogens with one attached hydrogen (secondary N) is 1. The van der Waals surface area contributed by atoms with E-state index >= 15 is 0 Å². The number of anilines is 1. The van der Waals surface area contributed by atoms with Gasteiger partial charge in [0.2, 0.25) is 0 Å². The highest BCUT2D eigenvalue weighted by atomic mass is 16.6. The molecule has 7 heteroatoms. The van der Waals surface area contributed by atoms with Gasteiger partial charge in [-0.25, -0.2) is 0 Å². The van der Waals surface area contributed by atoms with Crippen LogP contribution in [0.5, 0.6) is 0 Å². The molecule has 0 spiro atoms. The Bertz CT molecular complexity index is 518. The third kappa shape index (κ3) is 2.65. The van der Waals surface area contributed by atoms with E-state index in [1.54, 1.807) is 4.90 Å². The maximum Gasteiger partial charge on any atom is 0.292 e. The summed E-state index contributed by atoms with van der Waals surface area (Å²) in [5.41, 5.74) is 5.66. The van der Waals surface area contributed by atoms with Crippen molar-refractivity contribution in [3.8, 4) is 0 Å². The van der Waals surface area contributed by atoms with E-state index < -0.39 is 4.92 Å². The van der Waals surface area contributed by atoms with Crippen molar-refractivity contribution >= 4 is 17.3 Å². The quantitative estimate of drug-likeness (QED) is 0.463. The number of carbonyl (C=O) groups excluding carboxylic acids is 1. The molecule has 2 rings (SSSR count). The van der Waals surface area contributed by atoms with Gasteiger partial charge in [-0.3, -0.25) is 14.9 Å². The van der Waals surface area contributed by atoms with Crippen LogP contribution in [0.2, 0.25) is 0 Å². The van der Waals surface area contributed by atoms with Crippen LogP contribution in [-0.2, 0) is 0 Å². The van der Waals surface area contributed by atoms with Crippen molar-refractivity contribution in [1.82, 2.24) is 10.2 Å². The van der Waals surface area contributed by atoms with Crippen molar-refractivity contribution in [2.75, 3.05) is 25.4 Å². The van der Waals surface area contributed by atoms with E-state index in [2.05, 4.69) is 5.32 Å². The van der Waals surface area contributed by atoms with Gasteiger partial charge in [-0.05, 0) is 19.1 Å². The van der Waals surface area contributed by atoms with Gasteiger partial charge in [0, 0.05) is 37.3 Å². The third-order valence-electron chi connectivity index (χ3n) is 3.24. The molecule has 19 heavy (non-hydrogen) atoms. The predicted octanol–water partition coefficient (Wildman–Crippen LogP) is 0.611. The van der Waals surface area contributed by atoms with Crippen LogP contribution in [0.25, 0.3) is 0 Å². The molecule has 1 saturated heterocycles. The lowest BCUT2D eigenvalue weighted by Crippen LogP contribution is -2.52. The van der Waals surface area contributed by atoms with Crippen molar-refractivity contribution in [3.63, 3.8) is 0 Å². The van der Waals surface area contributed by atoms with Crippen LogP contribution in [0, 0.1) is 10.1 Å². The second-order valence-electron chi connectivity index (χ2n) is 4.58. The first-order valence-electron chi connectivity index (χ1n) is 6.06. The molecule has 1 heterocycles. The molecule has 0 saturated carbocycles. The maximum absolute atomic E-state index is 12.3. The average molecular weight is 264 g/mol. The number of nitrogen functional groups attached to an aromatic ring is 1. The molecule has 1 aromatic carbocycles. The minimum Gasteiger partial charge on any atom is -0.393 e. The van der Waals surface area contributed by atoms with Crippen molar-refractivity contribution in [2.45, 2.75) is 13.0 Å². The summed E-state index contributed by atoms with van der Waals surface area (Å²) < 4.78 is 0. The highest BCUT2D eigenvalue weighted by molar-refractivity contribution is 5.96. The molecular formula is C12H16N4O3. The van der Waals surface area contributed by atoms with Crippen molar-refractivity contribution in [3.05, 3.63) is 33.9 Å². The monoisotopic (exact) mass is 264 g/mol. The largest absolute Gasteiger partial charge is 0.393 e. The molecule has 1 atom stereocenters. The van der Waals surface area contributed by atoms with Gasteiger partial charge in [0.1, 0.15) is 5.69 Å². The molecule has 1 amide bonds. The Hall–Kier alpha value is -2.15. The van der Waals surface area contributed by atoms with Gasteiger partial charge in [-0.15, -0.1) is 0 Å². The molecule has 0 radical (unpaired) electrons. The van der Waals surface area contributed by atoms with Crippen LogP contribution in [-0.4, -0.2) is 41.4 Å². The van der Waals surface area contributed by atoms with Gasteiger partial charge >= 0.3 is 0 Å². The number of amides is 1. The number of carbonyl (C=O) groups is 1. The number of nitro benzene ring substituents is 1. The van der Waals surface area contributed by atoms with Crippen LogP contribution in [0.4, 0.5) is 11.4 Å². The smallest absolute Gasteiger partial charge is 0.292 e. The summed E-state index contributed by atoms with van der Waals surface area (Å²) in [6.07, 6.45) is 0. The zero-order valence-corrected chi connectivity index (χ0v) is 10.6. The topological polar surface area (TPSA) is 102 Å². The molecule has 1 aromatic rings. The number of hydrogen-bond acceptors (Lipinski definition) is 5. The van der Waals surface area contributed by atoms with E-state index in [4.69, 9.17) is 5.73 Å². The Morgan fingerprint density at radius 2 is 2.32 bits per heavy atom. The van der Waals surface area contributed by atoms with Gasteiger partial charge in [0.15, 0.2) is 0 Å². The Morgan fingerprint density at radius 3 is 2.95 bits per heavy atom. The van der Waals surface area contributed by atoms with Gasteiger partial charge in [-0.1, -0.05) is 0 Å². The highest BCUT2D eigenvalue weighted by Gasteiger charge is 2.25. The number of nitro groups is 1. The van der Waals surface area contributed by atoms with Crippen LogP contribution in [0.1, 0.15) is 17.3 Å². The normalized spacial score (nSPS) is 19.2. The van der Waals surface area contributed by atoms with E-state index in [0.717, 1.165) is 13.1 Å². The van der Waals surface area contributed by atoms with Gasteiger partial charge in [0.05, 0.1) is 4.92 Å². The van der Waals surface area contributed by atoms with E-state index in [0.29, 0.717) is 12.1 Å². The summed E-state index contributed by atoms with van der Waals surface area (Å²) in [6.45, 7) is 3.99. The molecule has 0 aliphatic carbocycles. The first kappa shape index (κ1) is 13.3. The molecule has 0 aromatic heterocycles. The summed E-state index contributed by atoms with van der Waals surface area (Å²) in [5.74, 6) is -0.197. The predicted molar refractivity (Wildman–Crippen MR) is 70.9 cm³/mol. The van der Waals surface area contributed by atoms with Crippen LogP contribution in [0.15, 0.2) is 18.2 Å². The van der Waals surface area contributed by atoms with E-state index in [1.165, 1.54) is 18.2 Å². The number of piperazine rings is 1. The summed E-state index contributed by atoms with van der Waals surface area (Å²) in [7, 11) is 0. The van der Waals surface area contributed by atoms with Crippen molar-refractivity contribution in [1.29, 1.82) is 0 Å². The van der Waals surface area contributed by atoms with Gasteiger partial charge < -0.3 is 16.0 Å². The van der Waals surface area contributed by atoms with E-state index in [9.17, 15) is 14.9 Å². The number of rotatable bonds is 2.